The standard InChI is InChI=1S/C17H18O2S/c1-19-16(18)12-13-20-17(14-8-4-2-5-9-14)15-10-6-3-7-11-15/h2-11,17H,12-13H2,1H3. The molecule has 0 N–H and O–H groups in total. The van der Waals surface area contributed by atoms with Crippen LogP contribution in [0, 0.1) is 0 Å². The van der Waals surface area contributed by atoms with Gasteiger partial charge >= 0.3 is 5.97 Å². The van der Waals surface area contributed by atoms with Gasteiger partial charge in [-0.3, -0.25) is 4.79 Å². The maximum Gasteiger partial charge on any atom is 0.306 e. The van der Waals surface area contributed by atoms with Crippen molar-refractivity contribution >= 4 is 17.7 Å². The Bertz CT molecular complexity index is 486. The quantitative estimate of drug-likeness (QED) is 0.749. The second kappa shape index (κ2) is 7.75. The Kier molecular flexibility index (Phi) is 5.69. The van der Waals surface area contributed by atoms with Gasteiger partial charge in [-0.1, -0.05) is 60.7 Å². The van der Waals surface area contributed by atoms with Crippen molar-refractivity contribution in [3.05, 3.63) is 71.8 Å². The molecule has 2 rings (SSSR count). The first-order chi connectivity index (χ1) is 9.81. The molecule has 0 aliphatic rings. The van der Waals surface area contributed by atoms with Crippen LogP contribution in [0.2, 0.25) is 0 Å². The molecule has 0 amide bonds. The summed E-state index contributed by atoms with van der Waals surface area (Å²) in [6, 6.07) is 20.7. The topological polar surface area (TPSA) is 26.3 Å². The summed E-state index contributed by atoms with van der Waals surface area (Å²) in [5, 5.41) is 0.252. The molecule has 0 aliphatic carbocycles. The third-order valence-electron chi connectivity index (χ3n) is 3.02. The van der Waals surface area contributed by atoms with E-state index in [1.54, 1.807) is 11.8 Å². The van der Waals surface area contributed by atoms with Crippen LogP contribution in [0.15, 0.2) is 60.7 Å². The molecule has 0 unspecified atom stereocenters. The van der Waals surface area contributed by atoms with Crippen molar-refractivity contribution in [2.24, 2.45) is 0 Å². The predicted octanol–water partition coefficient (Wildman–Crippen LogP) is 4.07. The molecule has 0 bridgehead atoms. The van der Waals surface area contributed by atoms with Gasteiger partial charge in [0, 0.05) is 5.75 Å². The van der Waals surface area contributed by atoms with E-state index < -0.39 is 0 Å². The van der Waals surface area contributed by atoms with E-state index in [9.17, 15) is 4.79 Å². The van der Waals surface area contributed by atoms with Crippen molar-refractivity contribution in [2.45, 2.75) is 11.7 Å². The molecular formula is C17H18O2S. The van der Waals surface area contributed by atoms with Crippen molar-refractivity contribution in [2.75, 3.05) is 12.9 Å². The smallest absolute Gasteiger partial charge is 0.306 e. The Labute approximate surface area is 124 Å². The number of rotatable bonds is 6. The molecule has 0 aromatic heterocycles. The normalized spacial score (nSPS) is 10.5. The molecule has 2 nitrogen and oxygen atoms in total. The zero-order valence-electron chi connectivity index (χ0n) is 11.5. The first-order valence-corrected chi connectivity index (χ1v) is 7.64. The van der Waals surface area contributed by atoms with Crippen LogP contribution in [0.25, 0.3) is 0 Å². The second-order valence-corrected chi connectivity index (χ2v) is 5.61. The zero-order chi connectivity index (χ0) is 14.2. The summed E-state index contributed by atoms with van der Waals surface area (Å²) in [5.74, 6) is 0.596. The highest BCUT2D eigenvalue weighted by Gasteiger charge is 2.14. The fourth-order valence-electron chi connectivity index (χ4n) is 2.00. The molecule has 3 heteroatoms. The minimum Gasteiger partial charge on any atom is -0.469 e. The molecule has 2 aromatic rings. The molecule has 104 valence electrons. The molecule has 0 spiro atoms. The SMILES string of the molecule is COC(=O)CCSC(c1ccccc1)c1ccccc1. The Morgan fingerprint density at radius 3 is 1.95 bits per heavy atom. The van der Waals surface area contributed by atoms with Crippen LogP contribution in [-0.2, 0) is 9.53 Å². The summed E-state index contributed by atoms with van der Waals surface area (Å²) in [6.45, 7) is 0. The van der Waals surface area contributed by atoms with Gasteiger partial charge in [-0.05, 0) is 11.1 Å². The Hall–Kier alpha value is -1.74. The first kappa shape index (κ1) is 14.7. The van der Waals surface area contributed by atoms with Gasteiger partial charge in [-0.15, -0.1) is 11.8 Å². The Morgan fingerprint density at radius 2 is 1.50 bits per heavy atom. The highest BCUT2D eigenvalue weighted by atomic mass is 32.2. The largest absolute Gasteiger partial charge is 0.469 e. The van der Waals surface area contributed by atoms with Crippen molar-refractivity contribution < 1.29 is 9.53 Å². The van der Waals surface area contributed by atoms with Gasteiger partial charge < -0.3 is 4.74 Å². The third-order valence-corrected chi connectivity index (χ3v) is 4.34. The number of methoxy groups -OCH3 is 1. The molecule has 0 saturated heterocycles. The lowest BCUT2D eigenvalue weighted by atomic mass is 10.0. The number of ether oxygens (including phenoxy) is 1. The van der Waals surface area contributed by atoms with E-state index in [1.807, 2.05) is 36.4 Å². The Balaban J connectivity index is 2.11. The van der Waals surface area contributed by atoms with Crippen LogP contribution in [0.5, 0.6) is 0 Å². The summed E-state index contributed by atoms with van der Waals surface area (Å²) in [4.78, 5) is 11.2. The van der Waals surface area contributed by atoms with Crippen molar-refractivity contribution in [1.82, 2.24) is 0 Å². The zero-order valence-corrected chi connectivity index (χ0v) is 12.3. The van der Waals surface area contributed by atoms with Crippen LogP contribution in [0.4, 0.5) is 0 Å². The van der Waals surface area contributed by atoms with Crippen LogP contribution < -0.4 is 0 Å². The first-order valence-electron chi connectivity index (χ1n) is 6.59. The molecule has 0 atom stereocenters. The van der Waals surface area contributed by atoms with Crippen LogP contribution >= 0.6 is 11.8 Å². The van der Waals surface area contributed by atoms with E-state index in [4.69, 9.17) is 4.74 Å². The fourth-order valence-corrected chi connectivity index (χ4v) is 3.22. The highest BCUT2D eigenvalue weighted by Crippen LogP contribution is 2.35. The molecular weight excluding hydrogens is 268 g/mol. The maximum atomic E-state index is 11.2. The molecule has 0 heterocycles. The number of hydrogen-bond donors (Lipinski definition) is 0. The minimum absolute atomic E-state index is 0.155. The van der Waals surface area contributed by atoms with Gasteiger partial charge in [-0.25, -0.2) is 0 Å². The van der Waals surface area contributed by atoms with Crippen molar-refractivity contribution in [3.63, 3.8) is 0 Å². The summed E-state index contributed by atoms with van der Waals surface area (Å²) < 4.78 is 4.69. The van der Waals surface area contributed by atoms with E-state index in [0.29, 0.717) is 6.42 Å². The van der Waals surface area contributed by atoms with Gasteiger partial charge in [0.05, 0.1) is 18.8 Å². The Morgan fingerprint density at radius 1 is 1.00 bits per heavy atom. The van der Waals surface area contributed by atoms with Crippen LogP contribution in [0.1, 0.15) is 22.8 Å². The maximum absolute atomic E-state index is 11.2. The molecule has 2 aromatic carbocycles. The van der Waals surface area contributed by atoms with Gasteiger partial charge in [0.2, 0.25) is 0 Å². The van der Waals surface area contributed by atoms with E-state index in [1.165, 1.54) is 18.2 Å². The second-order valence-electron chi connectivity index (χ2n) is 4.40. The van der Waals surface area contributed by atoms with E-state index in [0.717, 1.165) is 5.75 Å². The molecule has 0 saturated carbocycles. The minimum atomic E-state index is -0.155. The highest BCUT2D eigenvalue weighted by molar-refractivity contribution is 7.99. The van der Waals surface area contributed by atoms with Crippen molar-refractivity contribution in [1.29, 1.82) is 0 Å². The van der Waals surface area contributed by atoms with E-state index in [2.05, 4.69) is 24.3 Å². The summed E-state index contributed by atoms with van der Waals surface area (Å²) >= 11 is 1.77. The van der Waals surface area contributed by atoms with E-state index >= 15 is 0 Å². The molecule has 0 radical (unpaired) electrons. The monoisotopic (exact) mass is 286 g/mol. The number of hydrogen-bond acceptors (Lipinski definition) is 3. The van der Waals surface area contributed by atoms with Gasteiger partial charge in [0.15, 0.2) is 0 Å². The van der Waals surface area contributed by atoms with E-state index in [-0.39, 0.29) is 11.2 Å². The van der Waals surface area contributed by atoms with Crippen LogP contribution in [0.3, 0.4) is 0 Å². The lowest BCUT2D eigenvalue weighted by Gasteiger charge is -2.17. The van der Waals surface area contributed by atoms with Gasteiger partial charge in [0.25, 0.3) is 0 Å². The number of carbonyl (C=O) groups is 1. The average molecular weight is 286 g/mol. The van der Waals surface area contributed by atoms with Gasteiger partial charge in [0.1, 0.15) is 0 Å². The summed E-state index contributed by atoms with van der Waals surface area (Å²) in [7, 11) is 1.43. The number of thioether (sulfide) groups is 1. The molecule has 0 aliphatic heterocycles. The number of esters is 1. The fraction of sp³-hybridized carbons (Fsp3) is 0.235. The number of carbonyl (C=O) groups excluding carboxylic acids is 1. The molecule has 20 heavy (non-hydrogen) atoms. The lowest BCUT2D eigenvalue weighted by Crippen LogP contribution is -2.04. The summed E-state index contributed by atoms with van der Waals surface area (Å²) in [6.07, 6.45) is 0.442. The molecule has 0 fully saturated rings. The van der Waals surface area contributed by atoms with Crippen LogP contribution in [-0.4, -0.2) is 18.8 Å². The predicted molar refractivity (Wildman–Crippen MR) is 83.8 cm³/mol. The van der Waals surface area contributed by atoms with Gasteiger partial charge in [-0.2, -0.15) is 0 Å². The third kappa shape index (κ3) is 4.14. The van der Waals surface area contributed by atoms with Crippen molar-refractivity contribution in [3.8, 4) is 0 Å². The lowest BCUT2D eigenvalue weighted by molar-refractivity contribution is -0.140. The summed E-state index contributed by atoms with van der Waals surface area (Å²) in [5.41, 5.74) is 2.52. The number of benzene rings is 2. The average Bonchev–Trinajstić information content (AvgIpc) is 2.53.